The zero-order chi connectivity index (χ0) is 13.3. The lowest BCUT2D eigenvalue weighted by molar-refractivity contribution is 0.156. The first kappa shape index (κ1) is 13.8. The van der Waals surface area contributed by atoms with E-state index in [2.05, 4.69) is 13.8 Å². The lowest BCUT2D eigenvalue weighted by Crippen LogP contribution is -2.40. The smallest absolute Gasteiger partial charge is 0.127 e. The van der Waals surface area contributed by atoms with Gasteiger partial charge in [0.1, 0.15) is 5.82 Å². The molecule has 1 aromatic carbocycles. The number of hydrogen-bond acceptors (Lipinski definition) is 1. The van der Waals surface area contributed by atoms with Crippen LogP contribution in [0.2, 0.25) is 5.02 Å². The summed E-state index contributed by atoms with van der Waals surface area (Å²) in [5.74, 6) is 0.112. The molecule has 0 bridgehead atoms. The van der Waals surface area contributed by atoms with Gasteiger partial charge < -0.3 is 5.73 Å². The summed E-state index contributed by atoms with van der Waals surface area (Å²) in [4.78, 5) is 0. The number of benzene rings is 1. The molecule has 0 spiro atoms. The molecule has 1 nitrogen and oxygen atoms in total. The summed E-state index contributed by atoms with van der Waals surface area (Å²) in [6.07, 6.45) is 3.86. The van der Waals surface area contributed by atoms with Crippen molar-refractivity contribution in [1.29, 1.82) is 0 Å². The van der Waals surface area contributed by atoms with Crippen LogP contribution in [0.3, 0.4) is 0 Å². The zero-order valence-corrected chi connectivity index (χ0v) is 11.8. The highest BCUT2D eigenvalue weighted by Crippen LogP contribution is 2.40. The predicted octanol–water partition coefficient (Wildman–Crippen LogP) is 4.18. The fourth-order valence-electron chi connectivity index (χ4n) is 2.97. The summed E-state index contributed by atoms with van der Waals surface area (Å²) in [6.45, 7) is 4.52. The van der Waals surface area contributed by atoms with Crippen LogP contribution in [0.5, 0.6) is 0 Å². The van der Waals surface area contributed by atoms with E-state index >= 15 is 0 Å². The standard InChI is InChI=1S/C15H21ClFN/c1-15(2)7-6-14(18)10(9-15)8-11-12(16)4-3-5-13(11)17/h3-5,10,14H,6-9,18H2,1-2H3. The van der Waals surface area contributed by atoms with Crippen molar-refractivity contribution < 1.29 is 4.39 Å². The first-order chi connectivity index (χ1) is 8.39. The predicted molar refractivity (Wildman–Crippen MR) is 74.2 cm³/mol. The van der Waals surface area contributed by atoms with Gasteiger partial charge >= 0.3 is 0 Å². The van der Waals surface area contributed by atoms with Gasteiger partial charge in [0.25, 0.3) is 0 Å². The molecule has 2 rings (SSSR count). The number of nitrogens with two attached hydrogens (primary N) is 1. The molecule has 2 unspecified atom stereocenters. The Labute approximate surface area is 114 Å². The molecule has 1 fully saturated rings. The van der Waals surface area contributed by atoms with E-state index in [1.807, 2.05) is 0 Å². The van der Waals surface area contributed by atoms with Crippen molar-refractivity contribution in [1.82, 2.24) is 0 Å². The second-order valence-corrected chi connectivity index (χ2v) is 6.64. The second kappa shape index (κ2) is 5.18. The lowest BCUT2D eigenvalue weighted by Gasteiger charge is -2.39. The van der Waals surface area contributed by atoms with Crippen LogP contribution in [0.15, 0.2) is 18.2 Å². The first-order valence-corrected chi connectivity index (χ1v) is 6.95. The van der Waals surface area contributed by atoms with Gasteiger partial charge in [-0.1, -0.05) is 31.5 Å². The molecule has 0 saturated heterocycles. The Bertz CT molecular complexity index is 410. The molecule has 1 aliphatic rings. The minimum absolute atomic E-state index is 0.161. The van der Waals surface area contributed by atoms with Crippen molar-refractivity contribution in [3.8, 4) is 0 Å². The Kier molecular flexibility index (Phi) is 3.98. The van der Waals surface area contributed by atoms with Gasteiger partial charge in [-0.15, -0.1) is 0 Å². The molecule has 0 amide bonds. The molecule has 2 N–H and O–H groups in total. The third-order valence-corrected chi connectivity index (χ3v) is 4.46. The van der Waals surface area contributed by atoms with Crippen molar-refractivity contribution in [2.75, 3.05) is 0 Å². The number of hydrogen-bond donors (Lipinski definition) is 1. The van der Waals surface area contributed by atoms with E-state index in [9.17, 15) is 4.39 Å². The molecule has 0 aliphatic heterocycles. The summed E-state index contributed by atoms with van der Waals surface area (Å²) < 4.78 is 13.8. The van der Waals surface area contributed by atoms with E-state index in [1.165, 1.54) is 6.07 Å². The molecule has 1 aromatic rings. The SMILES string of the molecule is CC1(C)CCC(N)C(Cc2c(F)cccc2Cl)C1. The maximum Gasteiger partial charge on any atom is 0.127 e. The van der Waals surface area contributed by atoms with Crippen LogP contribution in [-0.2, 0) is 6.42 Å². The summed E-state index contributed by atoms with van der Waals surface area (Å²) in [6, 6.07) is 5.03. The van der Waals surface area contributed by atoms with Crippen molar-refractivity contribution in [2.45, 2.75) is 45.6 Å². The third-order valence-electron chi connectivity index (χ3n) is 4.10. The Morgan fingerprint density at radius 2 is 2.17 bits per heavy atom. The van der Waals surface area contributed by atoms with Crippen LogP contribution in [0.25, 0.3) is 0 Å². The van der Waals surface area contributed by atoms with E-state index in [4.69, 9.17) is 17.3 Å². The number of rotatable bonds is 2. The van der Waals surface area contributed by atoms with Gasteiger partial charge in [-0.2, -0.15) is 0 Å². The summed E-state index contributed by atoms with van der Waals surface area (Å²) in [5, 5.41) is 0.519. The van der Waals surface area contributed by atoms with E-state index in [-0.39, 0.29) is 11.9 Å². The minimum atomic E-state index is -0.210. The Morgan fingerprint density at radius 3 is 2.83 bits per heavy atom. The average molecular weight is 270 g/mol. The van der Waals surface area contributed by atoms with Gasteiger partial charge in [-0.25, -0.2) is 4.39 Å². The molecule has 18 heavy (non-hydrogen) atoms. The average Bonchev–Trinajstić information content (AvgIpc) is 2.28. The molecule has 0 heterocycles. The van der Waals surface area contributed by atoms with Crippen molar-refractivity contribution >= 4 is 11.6 Å². The third kappa shape index (κ3) is 3.04. The van der Waals surface area contributed by atoms with Crippen LogP contribution in [0, 0.1) is 17.2 Å². The first-order valence-electron chi connectivity index (χ1n) is 6.57. The van der Waals surface area contributed by atoms with E-state index in [0.717, 1.165) is 19.3 Å². The molecule has 1 aliphatic carbocycles. The lowest BCUT2D eigenvalue weighted by atomic mass is 9.68. The second-order valence-electron chi connectivity index (χ2n) is 6.24. The van der Waals surface area contributed by atoms with Crippen LogP contribution in [0.4, 0.5) is 4.39 Å². The van der Waals surface area contributed by atoms with E-state index in [1.54, 1.807) is 12.1 Å². The molecular weight excluding hydrogens is 249 g/mol. The highest BCUT2D eigenvalue weighted by molar-refractivity contribution is 6.31. The Morgan fingerprint density at radius 1 is 1.44 bits per heavy atom. The van der Waals surface area contributed by atoms with Gasteiger partial charge in [-0.3, -0.25) is 0 Å². The maximum absolute atomic E-state index is 13.8. The topological polar surface area (TPSA) is 26.0 Å². The molecule has 3 heteroatoms. The van der Waals surface area contributed by atoms with Gasteiger partial charge in [0.15, 0.2) is 0 Å². The summed E-state index contributed by atoms with van der Waals surface area (Å²) >= 11 is 6.09. The normalized spacial score (nSPS) is 27.2. The Balaban J connectivity index is 2.17. The highest BCUT2D eigenvalue weighted by Gasteiger charge is 2.33. The van der Waals surface area contributed by atoms with Crippen LogP contribution < -0.4 is 5.73 Å². The van der Waals surface area contributed by atoms with Gasteiger partial charge in [0.05, 0.1) is 0 Å². The van der Waals surface area contributed by atoms with Gasteiger partial charge in [0.2, 0.25) is 0 Å². The van der Waals surface area contributed by atoms with Gasteiger partial charge in [0, 0.05) is 16.6 Å². The number of halogens is 2. The molecule has 100 valence electrons. The highest BCUT2D eigenvalue weighted by atomic mass is 35.5. The van der Waals surface area contributed by atoms with E-state index < -0.39 is 0 Å². The fourth-order valence-corrected chi connectivity index (χ4v) is 3.21. The summed E-state index contributed by atoms with van der Waals surface area (Å²) in [5.41, 5.74) is 7.11. The van der Waals surface area contributed by atoms with Crippen LogP contribution in [-0.4, -0.2) is 6.04 Å². The zero-order valence-electron chi connectivity index (χ0n) is 11.0. The fraction of sp³-hybridized carbons (Fsp3) is 0.600. The monoisotopic (exact) mass is 269 g/mol. The molecule has 1 saturated carbocycles. The Hall–Kier alpha value is -0.600. The summed E-state index contributed by atoms with van der Waals surface area (Å²) in [7, 11) is 0. The van der Waals surface area contributed by atoms with Crippen LogP contribution >= 0.6 is 11.6 Å². The largest absolute Gasteiger partial charge is 0.327 e. The maximum atomic E-state index is 13.8. The van der Waals surface area contributed by atoms with Crippen molar-refractivity contribution in [3.05, 3.63) is 34.6 Å². The van der Waals surface area contributed by atoms with E-state index in [0.29, 0.717) is 28.3 Å². The van der Waals surface area contributed by atoms with Gasteiger partial charge in [-0.05, 0) is 49.1 Å². The van der Waals surface area contributed by atoms with Crippen molar-refractivity contribution in [2.24, 2.45) is 17.1 Å². The van der Waals surface area contributed by atoms with Crippen molar-refractivity contribution in [3.63, 3.8) is 0 Å². The molecule has 0 radical (unpaired) electrons. The van der Waals surface area contributed by atoms with Crippen LogP contribution in [0.1, 0.15) is 38.7 Å². The molecule has 0 aromatic heterocycles. The molecular formula is C15H21ClFN. The quantitative estimate of drug-likeness (QED) is 0.857. The molecule has 2 atom stereocenters. The minimum Gasteiger partial charge on any atom is -0.327 e.